The summed E-state index contributed by atoms with van der Waals surface area (Å²) in [5.41, 5.74) is 0.852. The summed E-state index contributed by atoms with van der Waals surface area (Å²) in [5.74, 6) is -0.598. The number of fused-ring (bicyclic) bond motifs is 1. The molecule has 9 heteroatoms. The summed E-state index contributed by atoms with van der Waals surface area (Å²) < 4.78 is 14.7. The molecule has 0 aliphatic carbocycles. The van der Waals surface area contributed by atoms with Crippen LogP contribution in [0.25, 0.3) is 10.9 Å². The standard InChI is InChI=1S/C19H18FN5O2.ClH/c20-14-5-3-4-13(10-14)17-11-21-8-9-24(17)18(26)12-25-19(27)15-6-1-2-7-16(15)22-23-25;/h1-7,10,17,21H,8-9,11-12H2;1H. The van der Waals surface area contributed by atoms with Gasteiger partial charge < -0.3 is 10.2 Å². The lowest BCUT2D eigenvalue weighted by Crippen LogP contribution is -2.50. The molecule has 1 aromatic heterocycles. The average Bonchev–Trinajstić information content (AvgIpc) is 2.70. The predicted molar refractivity (Wildman–Crippen MR) is 105 cm³/mol. The molecule has 2 aromatic carbocycles. The van der Waals surface area contributed by atoms with Crippen LogP contribution >= 0.6 is 12.4 Å². The van der Waals surface area contributed by atoms with Gasteiger partial charge in [0.1, 0.15) is 17.9 Å². The third-order valence-corrected chi connectivity index (χ3v) is 4.71. The number of nitrogens with zero attached hydrogens (tertiary/aromatic N) is 4. The SMILES string of the molecule is Cl.O=C(Cn1nnc2ccccc2c1=O)N1CCNCC1c1cccc(F)c1. The molecule has 3 aromatic rings. The van der Waals surface area contributed by atoms with Crippen LogP contribution in [0.1, 0.15) is 11.6 Å². The summed E-state index contributed by atoms with van der Waals surface area (Å²) >= 11 is 0. The number of carbonyl (C=O) groups excluding carboxylic acids is 1. The molecule has 1 aliphatic heterocycles. The largest absolute Gasteiger partial charge is 0.331 e. The van der Waals surface area contributed by atoms with Crippen LogP contribution in [0.4, 0.5) is 4.39 Å². The van der Waals surface area contributed by atoms with Gasteiger partial charge in [0, 0.05) is 19.6 Å². The Morgan fingerprint density at radius 1 is 1.21 bits per heavy atom. The molecule has 1 fully saturated rings. The van der Waals surface area contributed by atoms with Crippen molar-refractivity contribution in [2.24, 2.45) is 0 Å². The fourth-order valence-corrected chi connectivity index (χ4v) is 3.36. The minimum atomic E-state index is -0.355. The first kappa shape index (κ1) is 19.9. The molecule has 0 saturated carbocycles. The highest BCUT2D eigenvalue weighted by atomic mass is 35.5. The van der Waals surface area contributed by atoms with Crippen molar-refractivity contribution in [3.8, 4) is 0 Å². The quantitative estimate of drug-likeness (QED) is 0.717. The molecule has 146 valence electrons. The molecule has 0 spiro atoms. The second-order valence-electron chi connectivity index (χ2n) is 6.43. The van der Waals surface area contributed by atoms with E-state index in [1.807, 2.05) is 0 Å². The van der Waals surface area contributed by atoms with E-state index in [2.05, 4.69) is 15.6 Å². The number of carbonyl (C=O) groups is 1. The van der Waals surface area contributed by atoms with Crippen LogP contribution in [0, 0.1) is 5.82 Å². The van der Waals surface area contributed by atoms with Crippen LogP contribution in [0.2, 0.25) is 0 Å². The Hall–Kier alpha value is -2.84. The van der Waals surface area contributed by atoms with Crippen LogP contribution in [0.5, 0.6) is 0 Å². The highest BCUT2D eigenvalue weighted by Crippen LogP contribution is 2.23. The van der Waals surface area contributed by atoms with Crippen molar-refractivity contribution in [2.45, 2.75) is 12.6 Å². The summed E-state index contributed by atoms with van der Waals surface area (Å²) in [6.07, 6.45) is 0. The van der Waals surface area contributed by atoms with Crippen molar-refractivity contribution in [3.63, 3.8) is 0 Å². The maximum atomic E-state index is 13.6. The first-order valence-electron chi connectivity index (χ1n) is 8.72. The van der Waals surface area contributed by atoms with Crippen molar-refractivity contribution in [2.75, 3.05) is 19.6 Å². The van der Waals surface area contributed by atoms with Gasteiger partial charge in [0.15, 0.2) is 0 Å². The maximum absolute atomic E-state index is 13.6. The van der Waals surface area contributed by atoms with Crippen molar-refractivity contribution in [1.82, 2.24) is 25.2 Å². The molecular formula is C19H19ClFN5O2. The first-order chi connectivity index (χ1) is 13.1. The van der Waals surface area contributed by atoms with E-state index in [0.29, 0.717) is 36.1 Å². The van der Waals surface area contributed by atoms with E-state index in [0.717, 1.165) is 4.68 Å². The van der Waals surface area contributed by atoms with Gasteiger partial charge in [-0.05, 0) is 29.8 Å². The second-order valence-corrected chi connectivity index (χ2v) is 6.43. The van der Waals surface area contributed by atoms with E-state index < -0.39 is 0 Å². The van der Waals surface area contributed by atoms with Gasteiger partial charge >= 0.3 is 0 Å². The van der Waals surface area contributed by atoms with Gasteiger partial charge in [0.25, 0.3) is 5.56 Å². The highest BCUT2D eigenvalue weighted by molar-refractivity contribution is 5.85. The lowest BCUT2D eigenvalue weighted by molar-refractivity contribution is -0.135. The molecule has 1 aliphatic rings. The second kappa shape index (κ2) is 8.45. The van der Waals surface area contributed by atoms with Gasteiger partial charge in [0.2, 0.25) is 5.91 Å². The van der Waals surface area contributed by atoms with Gasteiger partial charge in [-0.15, -0.1) is 17.5 Å². The fourth-order valence-electron chi connectivity index (χ4n) is 3.36. The number of piperazine rings is 1. The molecule has 28 heavy (non-hydrogen) atoms. The zero-order chi connectivity index (χ0) is 18.8. The number of hydrogen-bond donors (Lipinski definition) is 1. The topological polar surface area (TPSA) is 80.1 Å². The van der Waals surface area contributed by atoms with Gasteiger partial charge in [-0.1, -0.05) is 29.5 Å². The van der Waals surface area contributed by atoms with Crippen LogP contribution in [0.3, 0.4) is 0 Å². The van der Waals surface area contributed by atoms with Crippen molar-refractivity contribution < 1.29 is 9.18 Å². The molecule has 1 amide bonds. The number of amides is 1. The summed E-state index contributed by atoms with van der Waals surface area (Å²) in [4.78, 5) is 27.1. The molecule has 0 radical (unpaired) electrons. The third kappa shape index (κ3) is 3.88. The summed E-state index contributed by atoms with van der Waals surface area (Å²) in [5, 5.41) is 11.5. The van der Waals surface area contributed by atoms with E-state index in [1.165, 1.54) is 12.1 Å². The minimum absolute atomic E-state index is 0. The smallest absolute Gasteiger partial charge is 0.278 e. The monoisotopic (exact) mass is 403 g/mol. The van der Waals surface area contributed by atoms with Crippen molar-refractivity contribution in [3.05, 3.63) is 70.3 Å². The Bertz CT molecular complexity index is 1060. The molecule has 1 atom stereocenters. The predicted octanol–water partition coefficient (Wildman–Crippen LogP) is 1.53. The van der Waals surface area contributed by atoms with Crippen LogP contribution in [-0.4, -0.2) is 45.4 Å². The Balaban J connectivity index is 0.00000225. The molecule has 4 rings (SSSR count). The molecule has 0 bridgehead atoms. The van der Waals surface area contributed by atoms with Gasteiger partial charge in [-0.25, -0.2) is 9.07 Å². The first-order valence-corrected chi connectivity index (χ1v) is 8.72. The summed E-state index contributed by atoms with van der Waals surface area (Å²) in [7, 11) is 0. The van der Waals surface area contributed by atoms with Crippen LogP contribution < -0.4 is 10.9 Å². The lowest BCUT2D eigenvalue weighted by Gasteiger charge is -2.36. The minimum Gasteiger partial charge on any atom is -0.331 e. The number of nitrogens with one attached hydrogen (secondary N) is 1. The summed E-state index contributed by atoms with van der Waals surface area (Å²) in [6, 6.07) is 12.8. The van der Waals surface area contributed by atoms with E-state index in [1.54, 1.807) is 41.3 Å². The normalized spacial score (nSPS) is 16.6. The Kier molecular flexibility index (Phi) is 6.01. The van der Waals surface area contributed by atoms with Gasteiger partial charge in [0.05, 0.1) is 11.4 Å². The number of benzene rings is 2. The number of rotatable bonds is 3. The Morgan fingerprint density at radius 3 is 2.86 bits per heavy atom. The van der Waals surface area contributed by atoms with E-state index in [9.17, 15) is 14.0 Å². The van der Waals surface area contributed by atoms with Crippen LogP contribution in [-0.2, 0) is 11.3 Å². The molecular weight excluding hydrogens is 385 g/mol. The molecule has 1 N–H and O–H groups in total. The van der Waals surface area contributed by atoms with Crippen molar-refractivity contribution in [1.29, 1.82) is 0 Å². The van der Waals surface area contributed by atoms with Gasteiger partial charge in [-0.2, -0.15) is 0 Å². The number of halogens is 2. The third-order valence-electron chi connectivity index (χ3n) is 4.71. The van der Waals surface area contributed by atoms with E-state index >= 15 is 0 Å². The molecule has 7 nitrogen and oxygen atoms in total. The fraction of sp³-hybridized carbons (Fsp3) is 0.263. The summed E-state index contributed by atoms with van der Waals surface area (Å²) in [6.45, 7) is 1.42. The maximum Gasteiger partial charge on any atom is 0.278 e. The Labute approximate surface area is 166 Å². The molecule has 2 heterocycles. The Morgan fingerprint density at radius 2 is 2.04 bits per heavy atom. The molecule has 1 saturated heterocycles. The zero-order valence-electron chi connectivity index (χ0n) is 14.9. The lowest BCUT2D eigenvalue weighted by atomic mass is 10.0. The number of hydrogen-bond acceptors (Lipinski definition) is 5. The number of aromatic nitrogens is 3. The van der Waals surface area contributed by atoms with E-state index in [-0.39, 0.29) is 42.3 Å². The molecule has 1 unspecified atom stereocenters. The van der Waals surface area contributed by atoms with E-state index in [4.69, 9.17) is 0 Å². The van der Waals surface area contributed by atoms with Crippen molar-refractivity contribution >= 4 is 29.2 Å². The highest BCUT2D eigenvalue weighted by Gasteiger charge is 2.28. The average molecular weight is 404 g/mol. The van der Waals surface area contributed by atoms with Crippen LogP contribution in [0.15, 0.2) is 53.3 Å². The van der Waals surface area contributed by atoms with Gasteiger partial charge in [-0.3, -0.25) is 9.59 Å². The zero-order valence-corrected chi connectivity index (χ0v) is 15.7.